The SMILES string of the molecule is COc1cc(Nc2nc3ccccc3nc2N(c2cccc(NC(=O)CN3CCC(N(C)C)CC3)c2)S(=O)O)cc(OC)c1. The summed E-state index contributed by atoms with van der Waals surface area (Å²) in [6.07, 6.45) is 2.03. The molecule has 0 bridgehead atoms. The molecule has 3 N–H and O–H groups in total. The second-order valence-electron chi connectivity index (χ2n) is 10.7. The number of para-hydroxylation sites is 2. The van der Waals surface area contributed by atoms with Crippen molar-refractivity contribution in [1.29, 1.82) is 0 Å². The molecule has 4 aromatic rings. The van der Waals surface area contributed by atoms with E-state index in [0.29, 0.717) is 45.6 Å². The van der Waals surface area contributed by atoms with Gasteiger partial charge in [-0.1, -0.05) is 18.2 Å². The fourth-order valence-electron chi connectivity index (χ4n) is 5.23. The maximum atomic E-state index is 13.0. The molecule has 232 valence electrons. The maximum absolute atomic E-state index is 13.0. The van der Waals surface area contributed by atoms with Crippen molar-refractivity contribution in [3.8, 4) is 11.5 Å². The molecule has 1 aliphatic rings. The molecule has 0 spiro atoms. The number of hydrogen-bond donors (Lipinski definition) is 3. The van der Waals surface area contributed by atoms with E-state index in [1.165, 1.54) is 0 Å². The lowest BCUT2D eigenvalue weighted by molar-refractivity contribution is -0.117. The van der Waals surface area contributed by atoms with Crippen LogP contribution in [-0.4, -0.2) is 88.4 Å². The lowest BCUT2D eigenvalue weighted by Gasteiger charge is -2.34. The van der Waals surface area contributed by atoms with E-state index in [2.05, 4.69) is 34.5 Å². The van der Waals surface area contributed by atoms with Crippen molar-refractivity contribution in [2.24, 2.45) is 0 Å². The van der Waals surface area contributed by atoms with Gasteiger partial charge < -0.3 is 25.0 Å². The fraction of sp³-hybridized carbons (Fsp3) is 0.323. The monoisotopic (exact) mass is 619 g/mol. The van der Waals surface area contributed by atoms with E-state index >= 15 is 0 Å². The number of hydrogen-bond acceptors (Lipinski definition) is 9. The first kappa shape index (κ1) is 31.1. The summed E-state index contributed by atoms with van der Waals surface area (Å²) in [4.78, 5) is 26.8. The first-order valence-corrected chi connectivity index (χ1v) is 15.3. The van der Waals surface area contributed by atoms with E-state index in [1.807, 2.05) is 18.2 Å². The van der Waals surface area contributed by atoms with Crippen molar-refractivity contribution in [3.63, 3.8) is 0 Å². The minimum atomic E-state index is -2.55. The summed E-state index contributed by atoms with van der Waals surface area (Å²) in [6.45, 7) is 1.97. The number of nitrogens with zero attached hydrogens (tertiary/aromatic N) is 5. The number of fused-ring (bicyclic) bond motifs is 1. The number of benzene rings is 3. The summed E-state index contributed by atoms with van der Waals surface area (Å²) in [5.74, 6) is 1.29. The predicted molar refractivity (Wildman–Crippen MR) is 173 cm³/mol. The average molecular weight is 620 g/mol. The highest BCUT2D eigenvalue weighted by Crippen LogP contribution is 2.36. The molecule has 1 unspecified atom stereocenters. The molecule has 0 saturated carbocycles. The van der Waals surface area contributed by atoms with Gasteiger partial charge in [0.2, 0.25) is 5.91 Å². The number of likely N-dealkylation sites (tertiary alicyclic amines) is 1. The Morgan fingerprint density at radius 1 is 0.955 bits per heavy atom. The topological polar surface area (TPSA) is 132 Å². The van der Waals surface area contributed by atoms with Crippen LogP contribution in [-0.2, 0) is 16.1 Å². The number of carbonyl (C=O) groups excluding carboxylic acids is 1. The van der Waals surface area contributed by atoms with E-state index in [4.69, 9.17) is 19.4 Å². The van der Waals surface area contributed by atoms with Crippen LogP contribution in [0.3, 0.4) is 0 Å². The lowest BCUT2D eigenvalue weighted by atomic mass is 10.0. The Bertz CT molecular complexity index is 1620. The molecular formula is C31H37N7O5S. The van der Waals surface area contributed by atoms with Gasteiger partial charge in [0.1, 0.15) is 11.5 Å². The molecule has 0 radical (unpaired) electrons. The Kier molecular flexibility index (Phi) is 9.90. The van der Waals surface area contributed by atoms with Crippen molar-refractivity contribution in [2.75, 3.05) is 62.9 Å². The van der Waals surface area contributed by atoms with Crippen LogP contribution in [0.1, 0.15) is 12.8 Å². The quantitative estimate of drug-likeness (QED) is 0.204. The summed E-state index contributed by atoms with van der Waals surface area (Å²) in [5, 5.41) is 6.16. The van der Waals surface area contributed by atoms with Crippen LogP contribution in [0.15, 0.2) is 66.7 Å². The van der Waals surface area contributed by atoms with E-state index < -0.39 is 11.3 Å². The smallest absolute Gasteiger partial charge is 0.268 e. The van der Waals surface area contributed by atoms with E-state index in [9.17, 15) is 13.6 Å². The average Bonchev–Trinajstić information content (AvgIpc) is 3.01. The maximum Gasteiger partial charge on any atom is 0.268 e. The molecule has 1 saturated heterocycles. The van der Waals surface area contributed by atoms with Gasteiger partial charge in [0.05, 0.1) is 37.5 Å². The van der Waals surface area contributed by atoms with Crippen LogP contribution >= 0.6 is 0 Å². The first-order chi connectivity index (χ1) is 21.2. The highest BCUT2D eigenvalue weighted by atomic mass is 32.2. The van der Waals surface area contributed by atoms with E-state index in [1.54, 1.807) is 62.8 Å². The summed E-state index contributed by atoms with van der Waals surface area (Å²) in [6, 6.07) is 19.8. The number of anilines is 5. The normalized spacial score (nSPS) is 14.8. The van der Waals surface area contributed by atoms with Gasteiger partial charge >= 0.3 is 0 Å². The highest BCUT2D eigenvalue weighted by Gasteiger charge is 2.25. The third kappa shape index (κ3) is 7.42. The van der Waals surface area contributed by atoms with Crippen molar-refractivity contribution in [1.82, 2.24) is 19.8 Å². The van der Waals surface area contributed by atoms with Crippen molar-refractivity contribution in [3.05, 3.63) is 66.7 Å². The van der Waals surface area contributed by atoms with Crippen molar-refractivity contribution in [2.45, 2.75) is 18.9 Å². The Morgan fingerprint density at radius 2 is 1.61 bits per heavy atom. The van der Waals surface area contributed by atoms with Gasteiger partial charge in [0, 0.05) is 48.7 Å². The molecule has 12 nitrogen and oxygen atoms in total. The van der Waals surface area contributed by atoms with Crippen LogP contribution in [0.5, 0.6) is 11.5 Å². The van der Waals surface area contributed by atoms with Crippen LogP contribution in [0.25, 0.3) is 11.0 Å². The number of methoxy groups -OCH3 is 2. The summed E-state index contributed by atoms with van der Waals surface area (Å²) < 4.78 is 35.4. The molecular weight excluding hydrogens is 582 g/mol. The third-order valence-corrected chi connectivity index (χ3v) is 8.23. The Balaban J connectivity index is 1.44. The minimum absolute atomic E-state index is 0.110. The molecule has 1 aromatic heterocycles. The number of ether oxygens (including phenoxy) is 2. The van der Waals surface area contributed by atoms with Gasteiger partial charge in [-0.15, -0.1) is 0 Å². The lowest BCUT2D eigenvalue weighted by Crippen LogP contribution is -2.44. The minimum Gasteiger partial charge on any atom is -0.497 e. The zero-order valence-corrected chi connectivity index (χ0v) is 26.0. The largest absolute Gasteiger partial charge is 0.497 e. The summed E-state index contributed by atoms with van der Waals surface area (Å²) in [7, 11) is 7.27. The molecule has 1 fully saturated rings. The molecule has 2 heterocycles. The molecule has 1 aliphatic heterocycles. The Labute approximate surface area is 259 Å². The van der Waals surface area contributed by atoms with Crippen molar-refractivity contribution >= 4 is 56.9 Å². The fourth-order valence-corrected chi connectivity index (χ4v) is 5.80. The highest BCUT2D eigenvalue weighted by molar-refractivity contribution is 7.81. The first-order valence-electron chi connectivity index (χ1n) is 14.2. The molecule has 1 atom stereocenters. The van der Waals surface area contributed by atoms with Gasteiger partial charge in [-0.25, -0.2) is 18.5 Å². The van der Waals surface area contributed by atoms with Gasteiger partial charge in [-0.05, 0) is 57.3 Å². The Morgan fingerprint density at radius 3 is 2.23 bits per heavy atom. The second kappa shape index (κ2) is 14.0. The molecule has 1 amide bonds. The number of carbonyl (C=O) groups is 1. The number of amides is 1. The summed E-state index contributed by atoms with van der Waals surface area (Å²) >= 11 is -2.55. The van der Waals surface area contributed by atoms with Gasteiger partial charge in [-0.2, -0.15) is 0 Å². The van der Waals surface area contributed by atoms with Crippen LogP contribution in [0, 0.1) is 0 Å². The van der Waals surface area contributed by atoms with Crippen LogP contribution in [0.4, 0.5) is 28.7 Å². The number of piperidine rings is 1. The zero-order chi connectivity index (χ0) is 31.2. The van der Waals surface area contributed by atoms with Gasteiger partial charge in [-0.3, -0.25) is 14.2 Å². The van der Waals surface area contributed by atoms with E-state index in [0.717, 1.165) is 30.2 Å². The van der Waals surface area contributed by atoms with E-state index in [-0.39, 0.29) is 24.1 Å². The number of rotatable bonds is 11. The molecule has 13 heteroatoms. The molecule has 5 rings (SSSR count). The van der Waals surface area contributed by atoms with Gasteiger partial charge in [0.25, 0.3) is 11.3 Å². The van der Waals surface area contributed by atoms with Crippen LogP contribution in [0.2, 0.25) is 0 Å². The van der Waals surface area contributed by atoms with Gasteiger partial charge in [0.15, 0.2) is 11.6 Å². The third-order valence-electron chi connectivity index (χ3n) is 7.53. The molecule has 44 heavy (non-hydrogen) atoms. The standard InChI is InChI=1S/C31H37N7O5S/c1-36(2)23-12-14-37(15-13-23)20-29(39)32-21-8-7-9-24(16-21)38(44(40)41)31-30(34-27-10-5-6-11-28(27)35-31)33-22-17-25(42-3)19-26(18-22)43-4/h5-11,16-19,23H,12-15,20H2,1-4H3,(H,32,39)(H,33,34)(H,40,41). The zero-order valence-electron chi connectivity index (χ0n) is 25.2. The Hall–Kier alpha value is -4.30. The number of nitrogens with one attached hydrogen (secondary N) is 2. The number of aromatic nitrogens is 2. The summed E-state index contributed by atoms with van der Waals surface area (Å²) in [5.41, 5.74) is 2.53. The van der Waals surface area contributed by atoms with Crippen molar-refractivity contribution < 1.29 is 23.0 Å². The molecule has 3 aromatic carbocycles. The second-order valence-corrected chi connectivity index (χ2v) is 11.5. The predicted octanol–water partition coefficient (Wildman–Crippen LogP) is 4.63. The molecule has 0 aliphatic carbocycles. The van der Waals surface area contributed by atoms with Crippen LogP contribution < -0.4 is 24.4 Å².